The van der Waals surface area contributed by atoms with Crippen LogP contribution < -0.4 is 0 Å². The van der Waals surface area contributed by atoms with Crippen molar-refractivity contribution in [2.45, 2.75) is 26.7 Å². The van der Waals surface area contributed by atoms with E-state index in [9.17, 15) is 0 Å². The molecular formula is C8H18O2. The Hall–Kier alpha value is -0.0800. The minimum atomic E-state index is 1.00. The lowest BCUT2D eigenvalue weighted by molar-refractivity contribution is 0.475. The van der Waals surface area contributed by atoms with Gasteiger partial charge < -0.3 is 9.47 Å². The molecule has 2 nitrogen and oxygen atoms in total. The van der Waals surface area contributed by atoms with Crippen LogP contribution in [0.1, 0.15) is 26.7 Å². The van der Waals surface area contributed by atoms with Crippen molar-refractivity contribution in [2.75, 3.05) is 26.4 Å². The molecular weight excluding hydrogens is 128 g/mol. The first-order valence-electron chi connectivity index (χ1n) is 4.07. The first kappa shape index (κ1) is 9.92. The Morgan fingerprint density at radius 3 is 1.00 bits per heavy atom. The fraction of sp³-hybridized carbons (Fsp3) is 1.00. The maximum absolute atomic E-state index is 4.50. The molecule has 0 aromatic heterocycles. The standard InChI is InChI=1S/C4H10.2C2H4O/c1-3-4-2;2*1-2-3-1/h3-4H2,1-2H3;2*1-2H2. The maximum atomic E-state index is 4.50. The average Bonchev–Trinajstić information content (AvgIpc) is 2.78. The molecule has 0 aromatic rings. The molecule has 0 aliphatic carbocycles. The molecule has 2 heterocycles. The van der Waals surface area contributed by atoms with E-state index in [1.54, 1.807) is 0 Å². The molecule has 0 spiro atoms. The molecule has 62 valence electrons. The summed E-state index contributed by atoms with van der Waals surface area (Å²) in [5.41, 5.74) is 0. The van der Waals surface area contributed by atoms with Gasteiger partial charge in [-0.1, -0.05) is 26.7 Å². The third-order valence-corrected chi connectivity index (χ3v) is 0.908. The average molecular weight is 146 g/mol. The molecule has 2 heteroatoms. The minimum Gasteiger partial charge on any atom is -0.377 e. The van der Waals surface area contributed by atoms with Crippen molar-refractivity contribution in [1.82, 2.24) is 0 Å². The van der Waals surface area contributed by atoms with E-state index in [0.717, 1.165) is 26.4 Å². The summed E-state index contributed by atoms with van der Waals surface area (Å²) >= 11 is 0. The van der Waals surface area contributed by atoms with E-state index in [4.69, 9.17) is 0 Å². The van der Waals surface area contributed by atoms with Crippen LogP contribution in [0, 0.1) is 0 Å². The van der Waals surface area contributed by atoms with Gasteiger partial charge in [-0.15, -0.1) is 0 Å². The van der Waals surface area contributed by atoms with Gasteiger partial charge in [-0.3, -0.25) is 0 Å². The first-order valence-corrected chi connectivity index (χ1v) is 4.07. The van der Waals surface area contributed by atoms with E-state index in [-0.39, 0.29) is 0 Å². The number of epoxide rings is 2. The van der Waals surface area contributed by atoms with Crippen molar-refractivity contribution < 1.29 is 9.47 Å². The van der Waals surface area contributed by atoms with Gasteiger partial charge in [0.2, 0.25) is 0 Å². The molecule has 0 N–H and O–H groups in total. The molecule has 0 aromatic carbocycles. The number of rotatable bonds is 1. The van der Waals surface area contributed by atoms with E-state index >= 15 is 0 Å². The van der Waals surface area contributed by atoms with Crippen LogP contribution in [-0.2, 0) is 9.47 Å². The summed E-state index contributed by atoms with van der Waals surface area (Å²) in [4.78, 5) is 0. The zero-order valence-corrected chi connectivity index (χ0v) is 7.06. The molecule has 0 amide bonds. The second-order valence-corrected chi connectivity index (χ2v) is 2.22. The van der Waals surface area contributed by atoms with Gasteiger partial charge in [0.25, 0.3) is 0 Å². The van der Waals surface area contributed by atoms with Crippen molar-refractivity contribution >= 4 is 0 Å². The smallest absolute Gasteiger partial charge is 0.0701 e. The SMILES string of the molecule is C1CO1.C1CO1.CCCC. The summed E-state index contributed by atoms with van der Waals surface area (Å²) in [5, 5.41) is 0. The summed E-state index contributed by atoms with van der Waals surface area (Å²) in [6.45, 7) is 8.36. The normalized spacial score (nSPS) is 17.4. The molecule has 0 unspecified atom stereocenters. The molecule has 10 heavy (non-hydrogen) atoms. The molecule has 2 rings (SSSR count). The zero-order valence-electron chi connectivity index (χ0n) is 7.06. The molecule has 2 fully saturated rings. The molecule has 2 saturated heterocycles. The molecule has 2 aliphatic heterocycles. The van der Waals surface area contributed by atoms with Gasteiger partial charge in [0.05, 0.1) is 26.4 Å². The second-order valence-electron chi connectivity index (χ2n) is 2.22. The van der Waals surface area contributed by atoms with Crippen LogP contribution in [-0.4, -0.2) is 26.4 Å². The van der Waals surface area contributed by atoms with Crippen molar-refractivity contribution in [3.63, 3.8) is 0 Å². The Morgan fingerprint density at radius 1 is 0.800 bits per heavy atom. The molecule has 0 bridgehead atoms. The molecule has 0 radical (unpaired) electrons. The molecule has 0 atom stereocenters. The molecule has 2 aliphatic rings. The van der Waals surface area contributed by atoms with E-state index in [1.165, 1.54) is 12.8 Å². The summed E-state index contributed by atoms with van der Waals surface area (Å²) < 4.78 is 9.00. The van der Waals surface area contributed by atoms with Crippen LogP contribution in [0.3, 0.4) is 0 Å². The van der Waals surface area contributed by atoms with Crippen molar-refractivity contribution in [3.8, 4) is 0 Å². The van der Waals surface area contributed by atoms with Crippen LogP contribution in [0.5, 0.6) is 0 Å². The van der Waals surface area contributed by atoms with E-state index in [2.05, 4.69) is 23.3 Å². The number of hydrogen-bond acceptors (Lipinski definition) is 2. The highest BCUT2D eigenvalue weighted by atomic mass is 16.6. The van der Waals surface area contributed by atoms with E-state index in [0.29, 0.717) is 0 Å². The second kappa shape index (κ2) is 8.92. The number of hydrogen-bond donors (Lipinski definition) is 0. The van der Waals surface area contributed by atoms with Gasteiger partial charge in [0.15, 0.2) is 0 Å². The summed E-state index contributed by atoms with van der Waals surface area (Å²) in [5.74, 6) is 0. The van der Waals surface area contributed by atoms with Gasteiger partial charge in [-0.2, -0.15) is 0 Å². The lowest BCUT2D eigenvalue weighted by Gasteiger charge is -1.68. The van der Waals surface area contributed by atoms with Crippen molar-refractivity contribution in [2.24, 2.45) is 0 Å². The summed E-state index contributed by atoms with van der Waals surface area (Å²) in [6.07, 6.45) is 2.64. The van der Waals surface area contributed by atoms with Crippen LogP contribution >= 0.6 is 0 Å². The van der Waals surface area contributed by atoms with E-state index < -0.39 is 0 Å². The predicted molar refractivity (Wildman–Crippen MR) is 42.2 cm³/mol. The minimum absolute atomic E-state index is 1.00. The number of unbranched alkanes of at least 4 members (excludes halogenated alkanes) is 1. The first-order chi connectivity index (χ1) is 4.91. The number of ether oxygens (including phenoxy) is 2. The highest BCUT2D eigenvalue weighted by Crippen LogP contribution is 1.85. The quantitative estimate of drug-likeness (QED) is 0.527. The Kier molecular flexibility index (Phi) is 8.85. The predicted octanol–water partition coefficient (Wildman–Crippen LogP) is 1.84. The van der Waals surface area contributed by atoms with Gasteiger partial charge in [-0.05, 0) is 0 Å². The summed E-state index contributed by atoms with van der Waals surface area (Å²) in [7, 11) is 0. The summed E-state index contributed by atoms with van der Waals surface area (Å²) in [6, 6.07) is 0. The maximum Gasteiger partial charge on any atom is 0.0701 e. The monoisotopic (exact) mass is 146 g/mol. The van der Waals surface area contributed by atoms with Crippen LogP contribution in [0.2, 0.25) is 0 Å². The van der Waals surface area contributed by atoms with E-state index in [1.807, 2.05) is 0 Å². The Labute approximate surface area is 63.5 Å². The highest BCUT2D eigenvalue weighted by molar-refractivity contribution is 4.37. The fourth-order valence-electron chi connectivity index (χ4n) is 0. The highest BCUT2D eigenvalue weighted by Gasteiger charge is 1.94. The Bertz CT molecular complexity index is 37.7. The Morgan fingerprint density at radius 2 is 1.00 bits per heavy atom. The third-order valence-electron chi connectivity index (χ3n) is 0.908. The van der Waals surface area contributed by atoms with Crippen molar-refractivity contribution in [1.29, 1.82) is 0 Å². The van der Waals surface area contributed by atoms with Crippen molar-refractivity contribution in [3.05, 3.63) is 0 Å². The zero-order chi connectivity index (χ0) is 7.66. The van der Waals surface area contributed by atoms with Crippen LogP contribution in [0.4, 0.5) is 0 Å². The van der Waals surface area contributed by atoms with Gasteiger partial charge in [0.1, 0.15) is 0 Å². The lowest BCUT2D eigenvalue weighted by atomic mass is 10.4. The topological polar surface area (TPSA) is 25.1 Å². The third kappa shape index (κ3) is 44.5. The Balaban J connectivity index is 0.000000122. The lowest BCUT2D eigenvalue weighted by Crippen LogP contribution is -1.47. The van der Waals surface area contributed by atoms with Crippen LogP contribution in [0.15, 0.2) is 0 Å². The molecule has 0 saturated carbocycles. The van der Waals surface area contributed by atoms with Crippen LogP contribution in [0.25, 0.3) is 0 Å². The van der Waals surface area contributed by atoms with Gasteiger partial charge in [-0.25, -0.2) is 0 Å². The van der Waals surface area contributed by atoms with Gasteiger partial charge in [0, 0.05) is 0 Å². The van der Waals surface area contributed by atoms with Gasteiger partial charge >= 0.3 is 0 Å². The fourth-order valence-corrected chi connectivity index (χ4v) is 0. The largest absolute Gasteiger partial charge is 0.377 e.